The highest BCUT2D eigenvalue weighted by Crippen LogP contribution is 2.20. The minimum atomic E-state index is -0.775. The van der Waals surface area contributed by atoms with Crippen LogP contribution in [0.5, 0.6) is 0 Å². The van der Waals surface area contributed by atoms with E-state index < -0.39 is 5.92 Å². The van der Waals surface area contributed by atoms with Crippen molar-refractivity contribution in [3.8, 4) is 6.07 Å². The molecule has 0 N–H and O–H groups in total. The summed E-state index contributed by atoms with van der Waals surface area (Å²) in [7, 11) is 0. The Morgan fingerprint density at radius 3 is 2.38 bits per heavy atom. The van der Waals surface area contributed by atoms with E-state index in [1.165, 1.54) is 24.3 Å². The SMILES string of the molecule is CC(C)CC(=O)C(C#N)c1ccc(F)cc1. The Kier molecular flexibility index (Phi) is 4.19. The molecule has 16 heavy (non-hydrogen) atoms. The van der Waals surface area contributed by atoms with Crippen LogP contribution in [0.2, 0.25) is 0 Å². The molecule has 0 bridgehead atoms. The zero-order valence-electron chi connectivity index (χ0n) is 9.40. The lowest BCUT2D eigenvalue weighted by Gasteiger charge is -2.10. The first-order valence-electron chi connectivity index (χ1n) is 5.22. The van der Waals surface area contributed by atoms with Crippen LogP contribution in [0.25, 0.3) is 0 Å². The van der Waals surface area contributed by atoms with Crippen molar-refractivity contribution in [1.82, 2.24) is 0 Å². The molecule has 0 aliphatic rings. The van der Waals surface area contributed by atoms with E-state index >= 15 is 0 Å². The summed E-state index contributed by atoms with van der Waals surface area (Å²) >= 11 is 0. The molecule has 0 aliphatic heterocycles. The molecule has 0 amide bonds. The summed E-state index contributed by atoms with van der Waals surface area (Å²) < 4.78 is 12.7. The van der Waals surface area contributed by atoms with Crippen LogP contribution in [-0.2, 0) is 4.79 Å². The number of hydrogen-bond donors (Lipinski definition) is 0. The molecule has 1 atom stereocenters. The summed E-state index contributed by atoms with van der Waals surface area (Å²) in [5.74, 6) is -1.02. The second kappa shape index (κ2) is 5.41. The minimum Gasteiger partial charge on any atom is -0.298 e. The van der Waals surface area contributed by atoms with Gasteiger partial charge in [0.05, 0.1) is 6.07 Å². The minimum absolute atomic E-state index is 0.107. The van der Waals surface area contributed by atoms with Gasteiger partial charge in [0.25, 0.3) is 0 Å². The lowest BCUT2D eigenvalue weighted by atomic mass is 9.91. The van der Waals surface area contributed by atoms with Crippen LogP contribution in [-0.4, -0.2) is 5.78 Å². The lowest BCUT2D eigenvalue weighted by molar-refractivity contribution is -0.120. The van der Waals surface area contributed by atoms with Gasteiger partial charge in [-0.15, -0.1) is 0 Å². The van der Waals surface area contributed by atoms with Gasteiger partial charge in [-0.2, -0.15) is 5.26 Å². The molecule has 0 heterocycles. The van der Waals surface area contributed by atoms with Gasteiger partial charge in [-0.05, 0) is 23.6 Å². The average Bonchev–Trinajstić information content (AvgIpc) is 2.21. The predicted molar refractivity (Wildman–Crippen MR) is 59.2 cm³/mol. The van der Waals surface area contributed by atoms with Crippen molar-refractivity contribution in [3.05, 3.63) is 35.6 Å². The first kappa shape index (κ1) is 12.4. The van der Waals surface area contributed by atoms with Crippen molar-refractivity contribution in [1.29, 1.82) is 5.26 Å². The number of carbonyl (C=O) groups is 1. The zero-order chi connectivity index (χ0) is 12.1. The van der Waals surface area contributed by atoms with Gasteiger partial charge < -0.3 is 0 Å². The van der Waals surface area contributed by atoms with Gasteiger partial charge in [0, 0.05) is 6.42 Å². The van der Waals surface area contributed by atoms with Crippen molar-refractivity contribution in [3.63, 3.8) is 0 Å². The summed E-state index contributed by atoms with van der Waals surface area (Å²) in [5, 5.41) is 8.97. The van der Waals surface area contributed by atoms with Gasteiger partial charge in [0.2, 0.25) is 0 Å². The molecule has 1 aromatic rings. The third-order valence-corrected chi connectivity index (χ3v) is 2.26. The Labute approximate surface area is 94.7 Å². The smallest absolute Gasteiger partial charge is 0.154 e. The molecule has 0 saturated carbocycles. The summed E-state index contributed by atoms with van der Waals surface area (Å²) in [5.41, 5.74) is 0.564. The predicted octanol–water partition coefficient (Wildman–Crippen LogP) is 3.05. The van der Waals surface area contributed by atoms with Crippen molar-refractivity contribution < 1.29 is 9.18 Å². The Balaban J connectivity index is 2.87. The van der Waals surface area contributed by atoms with Crippen molar-refractivity contribution in [2.24, 2.45) is 5.92 Å². The highest BCUT2D eigenvalue weighted by Gasteiger charge is 2.20. The quantitative estimate of drug-likeness (QED) is 0.780. The molecule has 0 saturated heterocycles. The number of hydrogen-bond acceptors (Lipinski definition) is 2. The number of benzene rings is 1. The summed E-state index contributed by atoms with van der Waals surface area (Å²) in [6, 6.07) is 7.48. The molecule has 1 aromatic carbocycles. The standard InChI is InChI=1S/C13H14FNO/c1-9(2)7-13(16)12(8-15)10-3-5-11(14)6-4-10/h3-6,9,12H,7H2,1-2H3. The molecule has 0 aromatic heterocycles. The molecular formula is C13H14FNO. The normalized spacial score (nSPS) is 12.2. The average molecular weight is 219 g/mol. The number of halogens is 1. The number of carbonyl (C=O) groups excluding carboxylic acids is 1. The fraction of sp³-hybridized carbons (Fsp3) is 0.385. The lowest BCUT2D eigenvalue weighted by Crippen LogP contribution is -2.13. The molecule has 1 rings (SSSR count). The van der Waals surface area contributed by atoms with Crippen molar-refractivity contribution in [2.75, 3.05) is 0 Å². The number of nitrogens with zero attached hydrogens (tertiary/aromatic N) is 1. The molecule has 0 radical (unpaired) electrons. The van der Waals surface area contributed by atoms with E-state index in [2.05, 4.69) is 0 Å². The highest BCUT2D eigenvalue weighted by molar-refractivity contribution is 5.88. The fourth-order valence-corrected chi connectivity index (χ4v) is 1.51. The van der Waals surface area contributed by atoms with Gasteiger partial charge in [0.1, 0.15) is 11.7 Å². The van der Waals surface area contributed by atoms with Crippen LogP contribution in [0.15, 0.2) is 24.3 Å². The van der Waals surface area contributed by atoms with Crippen molar-refractivity contribution in [2.45, 2.75) is 26.2 Å². The number of Topliss-reactive ketones (excluding diaryl/α,β-unsaturated/α-hetero) is 1. The van der Waals surface area contributed by atoms with Gasteiger partial charge in [-0.3, -0.25) is 4.79 Å². The Morgan fingerprint density at radius 2 is 1.94 bits per heavy atom. The molecule has 0 spiro atoms. The van der Waals surface area contributed by atoms with E-state index in [0.29, 0.717) is 12.0 Å². The van der Waals surface area contributed by atoms with E-state index in [0.717, 1.165) is 0 Å². The molecular weight excluding hydrogens is 205 g/mol. The maximum absolute atomic E-state index is 12.7. The Hall–Kier alpha value is -1.69. The highest BCUT2D eigenvalue weighted by atomic mass is 19.1. The van der Waals surface area contributed by atoms with E-state index in [4.69, 9.17) is 5.26 Å². The summed E-state index contributed by atoms with van der Waals surface area (Å²) in [6.07, 6.45) is 0.371. The first-order valence-corrected chi connectivity index (χ1v) is 5.22. The number of rotatable bonds is 4. The second-order valence-electron chi connectivity index (χ2n) is 4.18. The first-order chi connectivity index (χ1) is 7.54. The maximum Gasteiger partial charge on any atom is 0.154 e. The molecule has 0 fully saturated rings. The zero-order valence-corrected chi connectivity index (χ0v) is 9.40. The third-order valence-electron chi connectivity index (χ3n) is 2.26. The number of nitriles is 1. The molecule has 3 heteroatoms. The Morgan fingerprint density at radius 1 is 1.38 bits per heavy atom. The molecule has 1 unspecified atom stereocenters. The molecule has 2 nitrogen and oxygen atoms in total. The van der Waals surface area contributed by atoms with Crippen LogP contribution in [0, 0.1) is 23.1 Å². The fourth-order valence-electron chi connectivity index (χ4n) is 1.51. The van der Waals surface area contributed by atoms with Gasteiger partial charge in [0.15, 0.2) is 5.78 Å². The van der Waals surface area contributed by atoms with E-state index in [1.54, 1.807) is 0 Å². The van der Waals surface area contributed by atoms with Crippen LogP contribution in [0.3, 0.4) is 0 Å². The largest absolute Gasteiger partial charge is 0.298 e. The maximum atomic E-state index is 12.7. The summed E-state index contributed by atoms with van der Waals surface area (Å²) in [6.45, 7) is 3.86. The van der Waals surface area contributed by atoms with Crippen LogP contribution in [0.4, 0.5) is 4.39 Å². The van der Waals surface area contributed by atoms with Crippen LogP contribution in [0.1, 0.15) is 31.7 Å². The van der Waals surface area contributed by atoms with Gasteiger partial charge >= 0.3 is 0 Å². The van der Waals surface area contributed by atoms with Gasteiger partial charge in [-0.1, -0.05) is 26.0 Å². The third kappa shape index (κ3) is 3.16. The number of ketones is 1. The molecule has 84 valence electrons. The van der Waals surface area contributed by atoms with E-state index in [9.17, 15) is 9.18 Å². The monoisotopic (exact) mass is 219 g/mol. The van der Waals surface area contributed by atoms with Gasteiger partial charge in [-0.25, -0.2) is 4.39 Å². The molecule has 0 aliphatic carbocycles. The van der Waals surface area contributed by atoms with Crippen LogP contribution < -0.4 is 0 Å². The van der Waals surface area contributed by atoms with Crippen molar-refractivity contribution >= 4 is 5.78 Å². The topological polar surface area (TPSA) is 40.9 Å². The second-order valence-corrected chi connectivity index (χ2v) is 4.18. The van der Waals surface area contributed by atoms with E-state index in [-0.39, 0.29) is 17.5 Å². The van der Waals surface area contributed by atoms with E-state index in [1.807, 2.05) is 19.9 Å². The summed E-state index contributed by atoms with van der Waals surface area (Å²) in [4.78, 5) is 11.8. The van der Waals surface area contributed by atoms with Crippen LogP contribution >= 0.6 is 0 Å². The Bertz CT molecular complexity index is 403.